The number of aromatic nitrogens is 3. The van der Waals surface area contributed by atoms with Gasteiger partial charge in [-0.15, -0.1) is 0 Å². The Morgan fingerprint density at radius 2 is 1.82 bits per heavy atom. The monoisotopic (exact) mass is 463 g/mol. The van der Waals surface area contributed by atoms with Crippen LogP contribution in [-0.2, 0) is 14.9 Å². The summed E-state index contributed by atoms with van der Waals surface area (Å²) in [6.45, 7) is 5.87. The molecule has 2 aromatic heterocycles. The number of halogens is 3. The summed E-state index contributed by atoms with van der Waals surface area (Å²) in [6, 6.07) is 5.65. The molecule has 4 rings (SSSR count). The first-order chi connectivity index (χ1) is 15.3. The van der Waals surface area contributed by atoms with Crippen LogP contribution in [0.4, 0.5) is 13.2 Å². The van der Waals surface area contributed by atoms with Gasteiger partial charge in [0.25, 0.3) is 0 Å². The van der Waals surface area contributed by atoms with E-state index in [-0.39, 0.29) is 29.1 Å². The van der Waals surface area contributed by atoms with Crippen molar-refractivity contribution >= 4 is 23.6 Å². The molecule has 1 N–H and O–H groups in total. The second kappa shape index (κ2) is 8.00. The molecule has 1 aliphatic rings. The molecule has 33 heavy (non-hydrogen) atoms. The molecule has 176 valence electrons. The summed E-state index contributed by atoms with van der Waals surface area (Å²) >= 11 is 0. The Labute approximate surface area is 189 Å². The maximum absolute atomic E-state index is 13.6. The zero-order valence-electron chi connectivity index (χ0n) is 19.0. The van der Waals surface area contributed by atoms with Crippen LogP contribution in [0.5, 0.6) is 5.75 Å². The molecule has 0 saturated carbocycles. The van der Waals surface area contributed by atoms with Crippen LogP contribution >= 0.6 is 0 Å². The second-order valence-electron chi connectivity index (χ2n) is 9.33. The smallest absolute Gasteiger partial charge is 0.488 e. The molecule has 0 amide bonds. The Morgan fingerprint density at radius 3 is 2.39 bits per heavy atom. The first-order valence-corrected chi connectivity index (χ1v) is 10.4. The number of alkyl halides is 2. The van der Waals surface area contributed by atoms with Crippen molar-refractivity contribution in [1.82, 2.24) is 14.5 Å². The number of ether oxygens (including phenoxy) is 1. The SMILES string of the molecule is CC(O)(COc1cc(B2OC(C)(C)C(C)(C)O2)cc2ncn(C(F)F)c12)c1ccc(F)cn1. The van der Waals surface area contributed by atoms with Gasteiger partial charge in [-0.05, 0) is 64.3 Å². The predicted octanol–water partition coefficient (Wildman–Crippen LogP) is 3.55. The largest absolute Gasteiger partial charge is 0.495 e. The van der Waals surface area contributed by atoms with E-state index in [4.69, 9.17) is 14.0 Å². The molecule has 1 saturated heterocycles. The van der Waals surface area contributed by atoms with Gasteiger partial charge in [0.05, 0.1) is 28.6 Å². The highest BCUT2D eigenvalue weighted by atomic mass is 19.3. The first-order valence-electron chi connectivity index (χ1n) is 10.4. The van der Waals surface area contributed by atoms with Crippen molar-refractivity contribution in [1.29, 1.82) is 0 Å². The summed E-state index contributed by atoms with van der Waals surface area (Å²) in [5, 5.41) is 10.8. The average Bonchev–Trinajstić information content (AvgIpc) is 3.24. The fourth-order valence-corrected chi connectivity index (χ4v) is 3.51. The lowest BCUT2D eigenvalue weighted by Crippen LogP contribution is -2.41. The molecule has 11 heteroatoms. The predicted molar refractivity (Wildman–Crippen MR) is 116 cm³/mol. The number of hydrogen-bond acceptors (Lipinski definition) is 6. The van der Waals surface area contributed by atoms with E-state index >= 15 is 0 Å². The highest BCUT2D eigenvalue weighted by Gasteiger charge is 2.52. The van der Waals surface area contributed by atoms with Gasteiger partial charge in [0, 0.05) is 0 Å². The van der Waals surface area contributed by atoms with Gasteiger partial charge >= 0.3 is 13.7 Å². The van der Waals surface area contributed by atoms with Crippen LogP contribution in [0.15, 0.2) is 36.8 Å². The van der Waals surface area contributed by atoms with Crippen LogP contribution in [0.1, 0.15) is 46.9 Å². The van der Waals surface area contributed by atoms with E-state index in [1.54, 1.807) is 12.1 Å². The number of hydrogen-bond donors (Lipinski definition) is 1. The number of aliphatic hydroxyl groups is 1. The lowest BCUT2D eigenvalue weighted by molar-refractivity contribution is 0.00396. The fraction of sp³-hybridized carbons (Fsp3) is 0.455. The van der Waals surface area contributed by atoms with Crippen molar-refractivity contribution in [3.63, 3.8) is 0 Å². The van der Waals surface area contributed by atoms with E-state index in [1.807, 2.05) is 27.7 Å². The number of benzene rings is 1. The summed E-state index contributed by atoms with van der Waals surface area (Å²) in [5.74, 6) is -0.481. The van der Waals surface area contributed by atoms with E-state index in [0.29, 0.717) is 10.0 Å². The molecule has 0 aliphatic carbocycles. The minimum absolute atomic E-state index is 0.0631. The van der Waals surface area contributed by atoms with E-state index in [0.717, 1.165) is 12.5 Å². The number of rotatable bonds is 6. The van der Waals surface area contributed by atoms with Crippen LogP contribution in [-0.4, -0.2) is 44.6 Å². The van der Waals surface area contributed by atoms with Crippen LogP contribution in [0.25, 0.3) is 11.0 Å². The molecule has 1 atom stereocenters. The molecule has 0 spiro atoms. The Morgan fingerprint density at radius 1 is 1.15 bits per heavy atom. The summed E-state index contributed by atoms with van der Waals surface area (Å²) in [6.07, 6.45) is 2.00. The highest BCUT2D eigenvalue weighted by Crippen LogP contribution is 2.37. The number of pyridine rings is 1. The van der Waals surface area contributed by atoms with Crippen LogP contribution in [0.3, 0.4) is 0 Å². The van der Waals surface area contributed by atoms with E-state index in [2.05, 4.69) is 9.97 Å². The third-order valence-corrected chi connectivity index (χ3v) is 6.18. The van der Waals surface area contributed by atoms with Crippen LogP contribution in [0, 0.1) is 5.82 Å². The summed E-state index contributed by atoms with van der Waals surface area (Å²) in [7, 11) is -0.766. The van der Waals surface area contributed by atoms with Crippen molar-refractivity contribution < 1.29 is 32.3 Å². The van der Waals surface area contributed by atoms with Gasteiger partial charge in [-0.1, -0.05) is 0 Å². The molecule has 3 aromatic rings. The van der Waals surface area contributed by atoms with E-state index < -0.39 is 36.3 Å². The number of fused-ring (bicyclic) bond motifs is 1. The van der Waals surface area contributed by atoms with E-state index in [9.17, 15) is 18.3 Å². The normalized spacial score (nSPS) is 19.3. The number of imidazole rings is 1. The van der Waals surface area contributed by atoms with Crippen molar-refractivity contribution in [3.05, 3.63) is 48.3 Å². The highest BCUT2D eigenvalue weighted by molar-refractivity contribution is 6.62. The first kappa shape index (κ1) is 23.5. The molecular formula is C22H25BF3N3O4. The molecule has 1 fully saturated rings. The third kappa shape index (κ3) is 4.32. The molecule has 7 nitrogen and oxygen atoms in total. The minimum Gasteiger partial charge on any atom is -0.488 e. The fourth-order valence-electron chi connectivity index (χ4n) is 3.51. The van der Waals surface area contributed by atoms with Crippen molar-refractivity contribution in [2.24, 2.45) is 0 Å². The summed E-state index contributed by atoms with van der Waals surface area (Å²) < 4.78 is 59.1. The maximum Gasteiger partial charge on any atom is 0.495 e. The Hall–Kier alpha value is -2.63. The number of nitrogens with zero attached hydrogens (tertiary/aromatic N) is 3. The average molecular weight is 463 g/mol. The summed E-state index contributed by atoms with van der Waals surface area (Å²) in [5.41, 5.74) is -1.79. The maximum atomic E-state index is 13.6. The van der Waals surface area contributed by atoms with Gasteiger partial charge in [-0.2, -0.15) is 8.78 Å². The lowest BCUT2D eigenvalue weighted by atomic mass is 9.79. The van der Waals surface area contributed by atoms with Gasteiger partial charge in [0.2, 0.25) is 0 Å². The molecule has 1 aromatic carbocycles. The second-order valence-corrected chi connectivity index (χ2v) is 9.33. The Bertz CT molecular complexity index is 1150. The third-order valence-electron chi connectivity index (χ3n) is 6.18. The van der Waals surface area contributed by atoms with Crippen molar-refractivity contribution in [3.8, 4) is 5.75 Å². The molecule has 0 bridgehead atoms. The topological polar surface area (TPSA) is 78.6 Å². The van der Waals surface area contributed by atoms with Gasteiger partial charge in [-0.3, -0.25) is 9.55 Å². The van der Waals surface area contributed by atoms with Gasteiger partial charge in [-0.25, -0.2) is 9.37 Å². The van der Waals surface area contributed by atoms with Crippen LogP contribution < -0.4 is 10.2 Å². The quantitative estimate of drug-likeness (QED) is 0.564. The van der Waals surface area contributed by atoms with Gasteiger partial charge < -0.3 is 19.2 Å². The Balaban J connectivity index is 1.71. The Kier molecular flexibility index (Phi) is 5.70. The van der Waals surface area contributed by atoms with E-state index in [1.165, 1.54) is 19.1 Å². The molecule has 0 radical (unpaired) electrons. The molecular weight excluding hydrogens is 438 g/mol. The van der Waals surface area contributed by atoms with Crippen molar-refractivity contribution in [2.75, 3.05) is 6.61 Å². The van der Waals surface area contributed by atoms with Crippen LogP contribution in [0.2, 0.25) is 0 Å². The van der Waals surface area contributed by atoms with Gasteiger partial charge in [0.1, 0.15) is 35.6 Å². The zero-order valence-corrected chi connectivity index (χ0v) is 19.0. The summed E-state index contributed by atoms with van der Waals surface area (Å²) in [4.78, 5) is 7.98. The molecule has 1 aliphatic heterocycles. The van der Waals surface area contributed by atoms with Crippen molar-refractivity contribution in [2.45, 2.75) is 58.0 Å². The minimum atomic E-state index is -2.85. The van der Waals surface area contributed by atoms with Gasteiger partial charge in [0.15, 0.2) is 0 Å². The standard InChI is InChI=1S/C22H25BF3N3O4/c1-20(2)21(3,4)33-23(32-20)13-8-15-18(29(12-28-15)19(25)26)16(9-13)31-11-22(5,30)17-7-6-14(24)10-27-17/h6-10,12,19,30H,11H2,1-5H3. The lowest BCUT2D eigenvalue weighted by Gasteiger charge is -2.32. The zero-order chi connectivity index (χ0) is 24.2. The molecule has 3 heterocycles. The molecule has 1 unspecified atom stereocenters.